The molecule has 1 atom stereocenters. The van der Waals surface area contributed by atoms with Crippen LogP contribution in [-0.4, -0.2) is 26.7 Å². The van der Waals surface area contributed by atoms with Gasteiger partial charge in [0.25, 0.3) is 10.0 Å². The molecule has 2 N–H and O–H groups in total. The van der Waals surface area contributed by atoms with Crippen LogP contribution < -0.4 is 14.8 Å². The number of sulfonamides is 1. The van der Waals surface area contributed by atoms with Gasteiger partial charge in [-0.2, -0.15) is 0 Å². The summed E-state index contributed by atoms with van der Waals surface area (Å²) in [6.45, 7) is 1.81. The minimum atomic E-state index is -3.63. The lowest BCUT2D eigenvalue weighted by atomic mass is 10.3. The van der Waals surface area contributed by atoms with E-state index in [4.69, 9.17) is 4.74 Å². The number of methoxy groups -OCH3 is 1. The zero-order chi connectivity index (χ0) is 21.6. The number of hydrogen-bond acceptors (Lipinski definition) is 5. The number of carbonyl (C=O) groups is 1. The number of thioether (sulfide) groups is 1. The summed E-state index contributed by atoms with van der Waals surface area (Å²) >= 11 is 1.38. The maximum absolute atomic E-state index is 12.5. The highest BCUT2D eigenvalue weighted by atomic mass is 32.2. The van der Waals surface area contributed by atoms with Crippen LogP contribution in [0.3, 0.4) is 0 Å². The summed E-state index contributed by atoms with van der Waals surface area (Å²) < 4.78 is 32.5. The van der Waals surface area contributed by atoms with Crippen LogP contribution in [0.4, 0.5) is 11.4 Å². The number of amides is 1. The monoisotopic (exact) mass is 442 g/mol. The fourth-order valence-corrected chi connectivity index (χ4v) is 4.56. The number of hydrogen-bond donors (Lipinski definition) is 2. The van der Waals surface area contributed by atoms with Crippen LogP contribution in [0.25, 0.3) is 0 Å². The first kappa shape index (κ1) is 21.7. The third kappa shape index (κ3) is 5.77. The summed E-state index contributed by atoms with van der Waals surface area (Å²) in [5, 5.41) is 2.52. The molecule has 30 heavy (non-hydrogen) atoms. The molecule has 0 aliphatic rings. The molecular formula is C22H22N2O4S2. The standard InChI is InChI=1S/C22H22N2O4S2/c1-16(22(25)23-18-7-6-8-19(15-18)28-2)29-20-13-11-17(12-14-20)24-30(26,27)21-9-4-3-5-10-21/h3-16,24H,1-2H3,(H,23,25). The quantitative estimate of drug-likeness (QED) is 0.498. The van der Waals surface area contributed by atoms with Crippen LogP contribution in [0.2, 0.25) is 0 Å². The first-order valence-corrected chi connectivity index (χ1v) is 11.5. The van der Waals surface area contributed by atoms with E-state index in [2.05, 4.69) is 10.0 Å². The Morgan fingerprint density at radius 1 is 0.933 bits per heavy atom. The van der Waals surface area contributed by atoms with Gasteiger partial charge in [-0.25, -0.2) is 8.42 Å². The van der Waals surface area contributed by atoms with E-state index in [0.717, 1.165) is 4.90 Å². The summed E-state index contributed by atoms with van der Waals surface area (Å²) in [6, 6.07) is 22.3. The van der Waals surface area contributed by atoms with Crippen LogP contribution in [0.5, 0.6) is 5.75 Å². The molecule has 0 saturated carbocycles. The molecule has 3 aromatic carbocycles. The third-order valence-electron chi connectivity index (χ3n) is 4.18. The van der Waals surface area contributed by atoms with Gasteiger partial charge < -0.3 is 10.1 Å². The molecular weight excluding hydrogens is 420 g/mol. The van der Waals surface area contributed by atoms with E-state index < -0.39 is 10.0 Å². The molecule has 0 heterocycles. The number of carbonyl (C=O) groups excluding carboxylic acids is 1. The van der Waals surface area contributed by atoms with E-state index in [1.54, 1.807) is 67.8 Å². The Bertz CT molecular complexity index is 1100. The summed E-state index contributed by atoms with van der Waals surface area (Å²) in [4.78, 5) is 13.5. The van der Waals surface area contributed by atoms with Crippen molar-refractivity contribution in [1.29, 1.82) is 0 Å². The lowest BCUT2D eigenvalue weighted by Crippen LogP contribution is -2.22. The Morgan fingerprint density at radius 3 is 2.30 bits per heavy atom. The predicted molar refractivity (Wildman–Crippen MR) is 121 cm³/mol. The van der Waals surface area contributed by atoms with Crippen molar-refractivity contribution in [2.45, 2.75) is 22.0 Å². The van der Waals surface area contributed by atoms with Crippen molar-refractivity contribution in [2.24, 2.45) is 0 Å². The maximum atomic E-state index is 12.5. The van der Waals surface area contributed by atoms with Crippen molar-refractivity contribution in [3.05, 3.63) is 78.9 Å². The first-order valence-electron chi connectivity index (χ1n) is 9.17. The molecule has 3 aromatic rings. The highest BCUT2D eigenvalue weighted by Crippen LogP contribution is 2.27. The molecule has 0 aromatic heterocycles. The van der Waals surface area contributed by atoms with E-state index in [1.807, 2.05) is 13.0 Å². The lowest BCUT2D eigenvalue weighted by Gasteiger charge is -2.13. The molecule has 0 saturated heterocycles. The van der Waals surface area contributed by atoms with Gasteiger partial charge in [0.2, 0.25) is 5.91 Å². The largest absolute Gasteiger partial charge is 0.497 e. The topological polar surface area (TPSA) is 84.5 Å². The average molecular weight is 443 g/mol. The van der Waals surface area contributed by atoms with E-state index in [1.165, 1.54) is 23.9 Å². The normalized spacial score (nSPS) is 12.1. The molecule has 0 fully saturated rings. The van der Waals surface area contributed by atoms with Crippen LogP contribution in [0.1, 0.15) is 6.92 Å². The number of rotatable bonds is 8. The van der Waals surface area contributed by atoms with E-state index >= 15 is 0 Å². The van der Waals surface area contributed by atoms with Gasteiger partial charge in [-0.15, -0.1) is 11.8 Å². The Morgan fingerprint density at radius 2 is 1.63 bits per heavy atom. The summed E-state index contributed by atoms with van der Waals surface area (Å²) in [5.41, 5.74) is 1.12. The predicted octanol–water partition coefficient (Wildman–Crippen LogP) is 4.62. The van der Waals surface area contributed by atoms with Gasteiger partial charge in [0, 0.05) is 22.3 Å². The zero-order valence-electron chi connectivity index (χ0n) is 16.5. The van der Waals surface area contributed by atoms with Crippen molar-refractivity contribution in [2.75, 3.05) is 17.1 Å². The Labute approximate surface area is 180 Å². The number of anilines is 2. The van der Waals surface area contributed by atoms with Crippen molar-refractivity contribution >= 4 is 39.1 Å². The van der Waals surface area contributed by atoms with Crippen LogP contribution in [0, 0.1) is 0 Å². The van der Waals surface area contributed by atoms with Gasteiger partial charge in [0.1, 0.15) is 5.75 Å². The molecule has 1 unspecified atom stereocenters. The minimum absolute atomic E-state index is 0.137. The molecule has 0 aliphatic heterocycles. The average Bonchev–Trinajstić information content (AvgIpc) is 2.75. The van der Waals surface area contributed by atoms with Gasteiger partial charge in [0.05, 0.1) is 17.3 Å². The molecule has 156 valence electrons. The molecule has 0 spiro atoms. The lowest BCUT2D eigenvalue weighted by molar-refractivity contribution is -0.115. The van der Waals surface area contributed by atoms with E-state index in [-0.39, 0.29) is 16.1 Å². The maximum Gasteiger partial charge on any atom is 0.261 e. The van der Waals surface area contributed by atoms with E-state index in [0.29, 0.717) is 17.1 Å². The van der Waals surface area contributed by atoms with Crippen molar-refractivity contribution < 1.29 is 17.9 Å². The number of ether oxygens (including phenoxy) is 1. The molecule has 8 heteroatoms. The molecule has 0 aliphatic carbocycles. The molecule has 0 radical (unpaired) electrons. The van der Waals surface area contributed by atoms with Crippen LogP contribution >= 0.6 is 11.8 Å². The second kappa shape index (κ2) is 9.69. The smallest absolute Gasteiger partial charge is 0.261 e. The van der Waals surface area contributed by atoms with Gasteiger partial charge in [-0.1, -0.05) is 24.3 Å². The zero-order valence-corrected chi connectivity index (χ0v) is 18.2. The Balaban J connectivity index is 1.60. The van der Waals surface area contributed by atoms with Crippen molar-refractivity contribution in [3.63, 3.8) is 0 Å². The fraction of sp³-hybridized carbons (Fsp3) is 0.136. The highest BCUT2D eigenvalue weighted by molar-refractivity contribution is 8.00. The van der Waals surface area contributed by atoms with Crippen LogP contribution in [-0.2, 0) is 14.8 Å². The summed E-state index contributed by atoms with van der Waals surface area (Å²) in [6.07, 6.45) is 0. The fourth-order valence-electron chi connectivity index (χ4n) is 2.62. The SMILES string of the molecule is COc1cccc(NC(=O)C(C)Sc2ccc(NS(=O)(=O)c3ccccc3)cc2)c1. The van der Waals surface area contributed by atoms with Gasteiger partial charge in [-0.05, 0) is 55.5 Å². The number of nitrogens with one attached hydrogen (secondary N) is 2. The van der Waals surface area contributed by atoms with Crippen LogP contribution in [0.15, 0.2) is 88.7 Å². The van der Waals surface area contributed by atoms with Gasteiger partial charge in [-0.3, -0.25) is 9.52 Å². The van der Waals surface area contributed by atoms with Gasteiger partial charge in [0.15, 0.2) is 0 Å². The van der Waals surface area contributed by atoms with Gasteiger partial charge >= 0.3 is 0 Å². The Kier molecular flexibility index (Phi) is 7.02. The highest BCUT2D eigenvalue weighted by Gasteiger charge is 2.16. The summed E-state index contributed by atoms with van der Waals surface area (Å²) in [7, 11) is -2.06. The molecule has 1 amide bonds. The van der Waals surface area contributed by atoms with Crippen molar-refractivity contribution in [1.82, 2.24) is 0 Å². The first-order chi connectivity index (χ1) is 14.4. The number of benzene rings is 3. The van der Waals surface area contributed by atoms with E-state index in [9.17, 15) is 13.2 Å². The third-order valence-corrected chi connectivity index (χ3v) is 6.69. The molecule has 0 bridgehead atoms. The Hall–Kier alpha value is -2.97. The minimum Gasteiger partial charge on any atom is -0.497 e. The molecule has 6 nitrogen and oxygen atoms in total. The van der Waals surface area contributed by atoms with Crippen molar-refractivity contribution in [3.8, 4) is 5.75 Å². The second-order valence-corrected chi connectivity index (χ2v) is 9.52. The second-order valence-electron chi connectivity index (χ2n) is 6.42. The summed E-state index contributed by atoms with van der Waals surface area (Å²) in [5.74, 6) is 0.531. The molecule has 3 rings (SSSR count).